The van der Waals surface area contributed by atoms with Gasteiger partial charge >= 0.3 is 0 Å². The molecule has 0 saturated heterocycles. The van der Waals surface area contributed by atoms with Crippen LogP contribution in [-0.4, -0.2) is 10.1 Å². The van der Waals surface area contributed by atoms with Crippen molar-refractivity contribution in [2.75, 3.05) is 0 Å². The maximum absolute atomic E-state index is 6.21. The summed E-state index contributed by atoms with van der Waals surface area (Å²) in [6.07, 6.45) is 7.51. The summed E-state index contributed by atoms with van der Waals surface area (Å²) < 4.78 is 5.55. The highest BCUT2D eigenvalue weighted by Gasteiger charge is 2.32. The zero-order chi connectivity index (χ0) is 13.4. The van der Waals surface area contributed by atoms with Crippen LogP contribution in [0.5, 0.6) is 0 Å². The van der Waals surface area contributed by atoms with E-state index in [9.17, 15) is 0 Å². The van der Waals surface area contributed by atoms with Gasteiger partial charge in [-0.2, -0.15) is 0 Å². The molecule has 0 bridgehead atoms. The lowest BCUT2D eigenvalue weighted by molar-refractivity contribution is 0.384. The summed E-state index contributed by atoms with van der Waals surface area (Å²) in [5.74, 6) is 1.54. The normalized spacial score (nSPS) is 14.9. The lowest BCUT2D eigenvalue weighted by atomic mass is 10.0. The van der Waals surface area contributed by atoms with Gasteiger partial charge in [-0.1, -0.05) is 41.7 Å². The second kappa shape index (κ2) is 5.14. The molecule has 2 heterocycles. The van der Waals surface area contributed by atoms with Gasteiger partial charge in [0, 0.05) is 29.4 Å². The van der Waals surface area contributed by atoms with Gasteiger partial charge < -0.3 is 4.52 Å². The molecule has 0 N–H and O–H groups in total. The second-order valence-electron chi connectivity index (χ2n) is 4.88. The molecule has 1 aliphatic rings. The van der Waals surface area contributed by atoms with E-state index >= 15 is 0 Å². The highest BCUT2D eigenvalue weighted by molar-refractivity contribution is 6.38. The average Bonchev–Trinajstić information content (AvgIpc) is 3.14. The average molecular weight is 297 g/mol. The Hall–Kier alpha value is -1.06. The van der Waals surface area contributed by atoms with Crippen molar-refractivity contribution in [3.05, 3.63) is 33.8 Å². The maximum atomic E-state index is 6.21. The number of rotatable bonds is 4. The number of hydrogen-bond donors (Lipinski definition) is 0. The summed E-state index contributed by atoms with van der Waals surface area (Å²) >= 11 is 12.4. The number of halogens is 2. The molecule has 1 fully saturated rings. The van der Waals surface area contributed by atoms with E-state index in [0.717, 1.165) is 35.4 Å². The van der Waals surface area contributed by atoms with E-state index in [0.29, 0.717) is 16.0 Å². The molecule has 0 aromatic carbocycles. The molecule has 3 nitrogen and oxygen atoms in total. The molecule has 100 valence electrons. The summed E-state index contributed by atoms with van der Waals surface area (Å²) in [7, 11) is 0. The Morgan fingerprint density at radius 3 is 2.53 bits per heavy atom. The topological polar surface area (TPSA) is 38.9 Å². The molecule has 5 heteroatoms. The van der Waals surface area contributed by atoms with Crippen molar-refractivity contribution in [1.29, 1.82) is 0 Å². The minimum Gasteiger partial charge on any atom is -0.360 e. The molecule has 0 unspecified atom stereocenters. The third-order valence-corrected chi connectivity index (χ3v) is 3.93. The van der Waals surface area contributed by atoms with Crippen LogP contribution in [0, 0.1) is 0 Å². The minimum absolute atomic E-state index is 0.514. The zero-order valence-electron chi connectivity index (χ0n) is 10.6. The lowest BCUT2D eigenvalue weighted by Gasteiger charge is -2.05. The summed E-state index contributed by atoms with van der Waals surface area (Å²) in [6, 6.07) is 0. The number of nitrogens with zero attached hydrogens (tertiary/aromatic N) is 2. The van der Waals surface area contributed by atoms with Crippen LogP contribution < -0.4 is 0 Å². The van der Waals surface area contributed by atoms with Crippen LogP contribution in [0.25, 0.3) is 11.3 Å². The van der Waals surface area contributed by atoms with Crippen molar-refractivity contribution >= 4 is 23.2 Å². The molecule has 1 saturated carbocycles. The fourth-order valence-corrected chi connectivity index (χ4v) is 2.86. The van der Waals surface area contributed by atoms with Gasteiger partial charge in [-0.15, -0.1) is 0 Å². The van der Waals surface area contributed by atoms with Crippen LogP contribution in [0.15, 0.2) is 16.9 Å². The van der Waals surface area contributed by atoms with E-state index in [4.69, 9.17) is 27.7 Å². The Morgan fingerprint density at radius 2 is 1.95 bits per heavy atom. The van der Waals surface area contributed by atoms with Crippen LogP contribution in [0.2, 0.25) is 10.0 Å². The molecule has 2 aromatic rings. The van der Waals surface area contributed by atoms with Crippen LogP contribution in [-0.2, 0) is 6.42 Å². The quantitative estimate of drug-likeness (QED) is 0.807. The third kappa shape index (κ3) is 2.37. The smallest absolute Gasteiger partial charge is 0.143 e. The molecule has 2 aromatic heterocycles. The summed E-state index contributed by atoms with van der Waals surface area (Å²) in [4.78, 5) is 3.98. The second-order valence-corrected chi connectivity index (χ2v) is 5.69. The van der Waals surface area contributed by atoms with Crippen molar-refractivity contribution < 1.29 is 4.52 Å². The highest BCUT2D eigenvalue weighted by atomic mass is 35.5. The first-order valence-corrected chi connectivity index (χ1v) is 7.25. The fourth-order valence-electron chi connectivity index (χ4n) is 2.31. The molecule has 0 radical (unpaired) electrons. The summed E-state index contributed by atoms with van der Waals surface area (Å²) in [5.41, 5.74) is 2.67. The highest BCUT2D eigenvalue weighted by Crippen LogP contribution is 2.45. The van der Waals surface area contributed by atoms with Gasteiger partial charge in [0.05, 0.1) is 10.0 Å². The van der Waals surface area contributed by atoms with Gasteiger partial charge in [-0.3, -0.25) is 4.98 Å². The molecular formula is C14H14Cl2N2O. The van der Waals surface area contributed by atoms with Gasteiger partial charge in [-0.25, -0.2) is 0 Å². The minimum atomic E-state index is 0.514. The molecule has 0 aliphatic heterocycles. The Balaban J connectivity index is 2.14. The van der Waals surface area contributed by atoms with Crippen molar-refractivity contribution in [1.82, 2.24) is 10.1 Å². The maximum Gasteiger partial charge on any atom is 0.143 e. The van der Waals surface area contributed by atoms with E-state index in [1.807, 2.05) is 0 Å². The van der Waals surface area contributed by atoms with Gasteiger partial charge in [0.25, 0.3) is 0 Å². The molecule has 0 amide bonds. The Bertz CT molecular complexity index is 585. The predicted molar refractivity (Wildman–Crippen MR) is 75.7 cm³/mol. The van der Waals surface area contributed by atoms with E-state index in [1.165, 1.54) is 12.8 Å². The lowest BCUT2D eigenvalue weighted by Crippen LogP contribution is -1.92. The van der Waals surface area contributed by atoms with Gasteiger partial charge in [0.1, 0.15) is 11.5 Å². The Kier molecular flexibility index (Phi) is 3.50. The molecular weight excluding hydrogens is 283 g/mol. The first-order valence-electron chi connectivity index (χ1n) is 6.50. The van der Waals surface area contributed by atoms with Crippen molar-refractivity contribution in [2.45, 2.75) is 38.5 Å². The van der Waals surface area contributed by atoms with Crippen LogP contribution >= 0.6 is 23.2 Å². The zero-order valence-corrected chi connectivity index (χ0v) is 12.1. The standard InChI is InChI=1S/C14H14Cl2N2O/c1-2-3-9-13(18-19-14(9)8-4-5-8)12-10(15)6-17-7-11(12)16/h6-8H,2-5H2,1H3. The van der Waals surface area contributed by atoms with Crippen LogP contribution in [0.1, 0.15) is 43.4 Å². The number of aromatic nitrogens is 2. The summed E-state index contributed by atoms with van der Waals surface area (Å²) in [5, 5.41) is 5.24. The van der Waals surface area contributed by atoms with Crippen molar-refractivity contribution in [2.24, 2.45) is 0 Å². The summed E-state index contributed by atoms with van der Waals surface area (Å²) in [6.45, 7) is 2.14. The molecule has 0 spiro atoms. The first-order chi connectivity index (χ1) is 9.22. The van der Waals surface area contributed by atoms with Gasteiger partial charge in [0.15, 0.2) is 0 Å². The van der Waals surface area contributed by atoms with E-state index in [1.54, 1.807) is 12.4 Å². The van der Waals surface area contributed by atoms with Gasteiger partial charge in [-0.05, 0) is 19.3 Å². The third-order valence-electron chi connectivity index (χ3n) is 3.36. The van der Waals surface area contributed by atoms with E-state index < -0.39 is 0 Å². The largest absolute Gasteiger partial charge is 0.360 e. The Labute approximate surface area is 121 Å². The number of hydrogen-bond acceptors (Lipinski definition) is 3. The molecule has 19 heavy (non-hydrogen) atoms. The van der Waals surface area contributed by atoms with E-state index in [-0.39, 0.29) is 0 Å². The molecule has 3 rings (SSSR count). The first kappa shape index (κ1) is 12.9. The van der Waals surface area contributed by atoms with E-state index in [2.05, 4.69) is 17.1 Å². The monoisotopic (exact) mass is 296 g/mol. The van der Waals surface area contributed by atoms with Crippen molar-refractivity contribution in [3.8, 4) is 11.3 Å². The molecule has 1 aliphatic carbocycles. The Morgan fingerprint density at radius 1 is 1.26 bits per heavy atom. The van der Waals surface area contributed by atoms with Gasteiger partial charge in [0.2, 0.25) is 0 Å². The fraction of sp³-hybridized carbons (Fsp3) is 0.429. The number of pyridine rings is 1. The predicted octanol–water partition coefficient (Wildman–Crippen LogP) is 4.87. The van der Waals surface area contributed by atoms with Crippen molar-refractivity contribution in [3.63, 3.8) is 0 Å². The molecule has 0 atom stereocenters. The van der Waals surface area contributed by atoms with Crippen LogP contribution in [0.3, 0.4) is 0 Å². The van der Waals surface area contributed by atoms with Crippen LogP contribution in [0.4, 0.5) is 0 Å². The SMILES string of the molecule is CCCc1c(-c2c(Cl)cncc2Cl)noc1C1CC1.